The van der Waals surface area contributed by atoms with Crippen molar-refractivity contribution in [3.05, 3.63) is 0 Å². The Bertz CT molecular complexity index is 333. The van der Waals surface area contributed by atoms with Crippen molar-refractivity contribution < 1.29 is 23.1 Å². The second-order valence-electron chi connectivity index (χ2n) is 4.74. The molecule has 1 heterocycles. The molecule has 0 saturated carbocycles. The molecular weight excluding hydrogens is 225 g/mol. The first kappa shape index (κ1) is 13.0. The van der Waals surface area contributed by atoms with Gasteiger partial charge in [-0.25, -0.2) is 0 Å². The Hall–Kier alpha value is -1.11. The highest BCUT2D eigenvalue weighted by Crippen LogP contribution is 2.42. The molecule has 0 radical (unpaired) electrons. The van der Waals surface area contributed by atoms with Crippen molar-refractivity contribution >= 4 is 12.1 Å². The fourth-order valence-electron chi connectivity index (χ4n) is 1.32. The highest BCUT2D eigenvalue weighted by Gasteiger charge is 2.62. The van der Waals surface area contributed by atoms with Gasteiger partial charge in [0.1, 0.15) is 0 Å². The molecule has 0 spiro atoms. The van der Waals surface area contributed by atoms with Gasteiger partial charge in [0.15, 0.2) is 0 Å². The number of hydrogen-bond acceptors (Lipinski definition) is 3. The Kier molecular flexibility index (Phi) is 2.79. The first-order valence-electron chi connectivity index (χ1n) is 4.64. The molecule has 1 aliphatic heterocycles. The van der Waals surface area contributed by atoms with Crippen LogP contribution in [0.2, 0.25) is 0 Å². The summed E-state index contributed by atoms with van der Waals surface area (Å²) in [6, 6.07) is 0. The van der Waals surface area contributed by atoms with E-state index in [2.05, 4.69) is 5.10 Å². The number of hydrogen-bond donors (Lipinski definition) is 1. The molecule has 16 heavy (non-hydrogen) atoms. The molecule has 1 aliphatic rings. The van der Waals surface area contributed by atoms with Gasteiger partial charge >= 0.3 is 6.18 Å². The minimum absolute atomic E-state index is 0.0353. The van der Waals surface area contributed by atoms with Gasteiger partial charge in [0.05, 0.1) is 0 Å². The van der Waals surface area contributed by atoms with Gasteiger partial charge in [0.25, 0.3) is 5.72 Å². The number of carbonyl (C=O) groups is 1. The van der Waals surface area contributed by atoms with Gasteiger partial charge < -0.3 is 5.11 Å². The standard InChI is InChI=1S/C9H13F3N2O2/c1-7(2,3)6-4-8(16,9(10,11)12)14(5-15)13-6/h5,16H,4H2,1-3H3/t8-/m0/s1. The number of amides is 1. The van der Waals surface area contributed by atoms with E-state index in [0.29, 0.717) is 0 Å². The molecular formula is C9H13F3N2O2. The molecule has 0 aliphatic carbocycles. The first-order valence-corrected chi connectivity index (χ1v) is 4.64. The van der Waals surface area contributed by atoms with Crippen molar-refractivity contribution in [1.29, 1.82) is 0 Å². The van der Waals surface area contributed by atoms with Crippen LogP contribution >= 0.6 is 0 Å². The summed E-state index contributed by atoms with van der Waals surface area (Å²) < 4.78 is 37.9. The van der Waals surface area contributed by atoms with Crippen LogP contribution in [-0.4, -0.2) is 34.1 Å². The highest BCUT2D eigenvalue weighted by atomic mass is 19.4. The lowest BCUT2D eigenvalue weighted by atomic mass is 9.86. The SMILES string of the molecule is CC(C)(C)C1=NN(C=O)[C@@](O)(C(F)(F)F)C1. The zero-order valence-electron chi connectivity index (χ0n) is 9.17. The van der Waals surface area contributed by atoms with E-state index in [1.807, 2.05) is 0 Å². The van der Waals surface area contributed by atoms with E-state index in [1.165, 1.54) is 0 Å². The lowest BCUT2D eigenvalue weighted by Crippen LogP contribution is -2.54. The summed E-state index contributed by atoms with van der Waals surface area (Å²) in [6.07, 6.45) is -5.75. The molecule has 1 rings (SSSR count). The lowest BCUT2D eigenvalue weighted by molar-refractivity contribution is -0.299. The third kappa shape index (κ3) is 1.91. The minimum Gasteiger partial charge on any atom is -0.362 e. The monoisotopic (exact) mass is 238 g/mol. The largest absolute Gasteiger partial charge is 0.438 e. The number of rotatable bonds is 1. The maximum Gasteiger partial charge on any atom is 0.438 e. The summed E-state index contributed by atoms with van der Waals surface area (Å²) in [5, 5.41) is 13.0. The quantitative estimate of drug-likeness (QED) is 0.704. The van der Waals surface area contributed by atoms with Crippen molar-refractivity contribution in [2.75, 3.05) is 0 Å². The van der Waals surface area contributed by atoms with Crippen LogP contribution in [0.4, 0.5) is 13.2 Å². The minimum atomic E-state index is -4.93. The zero-order chi connectivity index (χ0) is 12.8. The predicted octanol–water partition coefficient (Wildman–Crippen LogP) is 1.50. The number of hydrazone groups is 1. The van der Waals surface area contributed by atoms with Gasteiger partial charge in [-0.3, -0.25) is 4.79 Å². The van der Waals surface area contributed by atoms with Crippen LogP contribution < -0.4 is 0 Å². The van der Waals surface area contributed by atoms with Gasteiger partial charge in [0, 0.05) is 17.5 Å². The molecule has 0 saturated heterocycles. The summed E-state index contributed by atoms with van der Waals surface area (Å²) in [7, 11) is 0. The fraction of sp³-hybridized carbons (Fsp3) is 0.778. The van der Waals surface area contributed by atoms with Crippen molar-refractivity contribution in [3.8, 4) is 0 Å². The summed E-state index contributed by atoms with van der Waals surface area (Å²) in [5.41, 5.74) is -3.70. The molecule has 1 atom stereocenters. The van der Waals surface area contributed by atoms with Crippen LogP contribution in [0.1, 0.15) is 27.2 Å². The molecule has 0 fully saturated rings. The third-order valence-corrected chi connectivity index (χ3v) is 2.44. The summed E-state index contributed by atoms with van der Waals surface area (Å²) >= 11 is 0. The topological polar surface area (TPSA) is 52.9 Å². The van der Waals surface area contributed by atoms with E-state index in [1.54, 1.807) is 20.8 Å². The normalized spacial score (nSPS) is 26.9. The number of carbonyl (C=O) groups excluding carboxylic acids is 1. The molecule has 0 aromatic carbocycles. The van der Waals surface area contributed by atoms with Crippen LogP contribution in [0.25, 0.3) is 0 Å². The fourth-order valence-corrected chi connectivity index (χ4v) is 1.32. The van der Waals surface area contributed by atoms with Crippen molar-refractivity contribution in [3.63, 3.8) is 0 Å². The Labute approximate surface area is 90.7 Å². The Morgan fingerprint density at radius 1 is 1.44 bits per heavy atom. The lowest BCUT2D eigenvalue weighted by Gasteiger charge is -2.30. The zero-order valence-corrected chi connectivity index (χ0v) is 9.17. The average Bonchev–Trinajstić information content (AvgIpc) is 2.42. The van der Waals surface area contributed by atoms with E-state index in [-0.39, 0.29) is 17.1 Å². The van der Waals surface area contributed by atoms with Gasteiger partial charge in [-0.2, -0.15) is 23.3 Å². The molecule has 4 nitrogen and oxygen atoms in total. The van der Waals surface area contributed by atoms with Crippen molar-refractivity contribution in [2.24, 2.45) is 10.5 Å². The van der Waals surface area contributed by atoms with Crippen LogP contribution in [0, 0.1) is 5.41 Å². The highest BCUT2D eigenvalue weighted by molar-refractivity contribution is 5.92. The number of aliphatic hydroxyl groups is 1. The van der Waals surface area contributed by atoms with Crippen LogP contribution in [0.3, 0.4) is 0 Å². The molecule has 1 amide bonds. The van der Waals surface area contributed by atoms with E-state index in [0.717, 1.165) is 0 Å². The Balaban J connectivity index is 3.10. The summed E-state index contributed by atoms with van der Waals surface area (Å²) in [6.45, 7) is 4.99. The maximum absolute atomic E-state index is 12.6. The van der Waals surface area contributed by atoms with E-state index < -0.39 is 23.7 Å². The Morgan fingerprint density at radius 2 is 1.94 bits per heavy atom. The predicted molar refractivity (Wildman–Crippen MR) is 50.4 cm³/mol. The number of alkyl halides is 3. The Morgan fingerprint density at radius 3 is 2.19 bits per heavy atom. The summed E-state index contributed by atoms with van der Waals surface area (Å²) in [4.78, 5) is 10.5. The molecule has 1 N–H and O–H groups in total. The number of halogens is 3. The van der Waals surface area contributed by atoms with Gasteiger partial charge in [-0.05, 0) is 0 Å². The van der Waals surface area contributed by atoms with Gasteiger partial charge in [0.2, 0.25) is 6.41 Å². The summed E-state index contributed by atoms with van der Waals surface area (Å²) in [5.74, 6) is 0. The smallest absolute Gasteiger partial charge is 0.362 e. The average molecular weight is 238 g/mol. The van der Waals surface area contributed by atoms with Crippen molar-refractivity contribution in [1.82, 2.24) is 5.01 Å². The second kappa shape index (κ2) is 3.44. The van der Waals surface area contributed by atoms with E-state index in [4.69, 9.17) is 0 Å². The van der Waals surface area contributed by atoms with Crippen LogP contribution in [0.5, 0.6) is 0 Å². The molecule has 0 aromatic heterocycles. The molecule has 92 valence electrons. The molecule has 0 unspecified atom stereocenters. The maximum atomic E-state index is 12.6. The van der Waals surface area contributed by atoms with Gasteiger partial charge in [-0.15, -0.1) is 0 Å². The third-order valence-electron chi connectivity index (χ3n) is 2.44. The van der Waals surface area contributed by atoms with Crippen molar-refractivity contribution in [2.45, 2.75) is 39.1 Å². The molecule has 7 heteroatoms. The second-order valence-corrected chi connectivity index (χ2v) is 4.74. The van der Waals surface area contributed by atoms with Crippen LogP contribution in [-0.2, 0) is 4.79 Å². The number of nitrogens with zero attached hydrogens (tertiary/aromatic N) is 2. The molecule has 0 bridgehead atoms. The first-order chi connectivity index (χ1) is 7.02. The van der Waals surface area contributed by atoms with E-state index in [9.17, 15) is 23.1 Å². The van der Waals surface area contributed by atoms with Crippen LogP contribution in [0.15, 0.2) is 5.10 Å². The molecule has 0 aromatic rings. The van der Waals surface area contributed by atoms with E-state index >= 15 is 0 Å². The van der Waals surface area contributed by atoms with Gasteiger partial charge in [-0.1, -0.05) is 20.8 Å².